The zero-order valence-corrected chi connectivity index (χ0v) is 11.3. The van der Waals surface area contributed by atoms with Crippen molar-refractivity contribution < 1.29 is 27.6 Å². The number of ether oxygens (including phenoxy) is 2. The van der Waals surface area contributed by atoms with Crippen LogP contribution in [0.15, 0.2) is 18.2 Å². The number of hydrogen-bond donors (Lipinski definition) is 1. The predicted octanol–water partition coefficient (Wildman–Crippen LogP) is 2.62. The summed E-state index contributed by atoms with van der Waals surface area (Å²) in [7, 11) is 0. The fourth-order valence-electron chi connectivity index (χ4n) is 1.53. The van der Waals surface area contributed by atoms with Gasteiger partial charge < -0.3 is 10.1 Å². The molecule has 6 nitrogen and oxygen atoms in total. The maximum atomic E-state index is 11.8. The van der Waals surface area contributed by atoms with Gasteiger partial charge in [-0.3, -0.25) is 14.9 Å². The third-order valence-electron chi connectivity index (χ3n) is 2.43. The number of nitro benzene ring substituents is 1. The van der Waals surface area contributed by atoms with Crippen molar-refractivity contribution in [3.8, 4) is 5.75 Å². The molecule has 9 heteroatoms. The monoisotopic (exact) mass is 308 g/mol. The van der Waals surface area contributed by atoms with Gasteiger partial charge in [-0.2, -0.15) is 0 Å². The highest BCUT2D eigenvalue weighted by Gasteiger charge is 2.28. The van der Waals surface area contributed by atoms with E-state index in [1.807, 2.05) is 6.92 Å². The number of alkyl halides is 3. The van der Waals surface area contributed by atoms with Gasteiger partial charge in [0.05, 0.1) is 11.5 Å². The summed E-state index contributed by atoms with van der Waals surface area (Å²) in [6, 6.07) is 3.91. The van der Waals surface area contributed by atoms with Crippen molar-refractivity contribution in [1.82, 2.24) is 5.32 Å². The van der Waals surface area contributed by atoms with Gasteiger partial charge in [0, 0.05) is 24.2 Å². The van der Waals surface area contributed by atoms with Gasteiger partial charge in [0.2, 0.25) is 0 Å². The number of rotatable bonds is 8. The molecule has 0 spiro atoms. The van der Waals surface area contributed by atoms with E-state index < -0.39 is 17.9 Å². The SMILES string of the molecule is CCNCc1cc([N+](=O)[O-])ccc1OCCOC(F)(F)F. The Morgan fingerprint density at radius 1 is 1.33 bits per heavy atom. The van der Waals surface area contributed by atoms with E-state index in [0.717, 1.165) is 0 Å². The number of nitro groups is 1. The average molecular weight is 308 g/mol. The van der Waals surface area contributed by atoms with Crippen molar-refractivity contribution in [1.29, 1.82) is 0 Å². The second-order valence-corrected chi connectivity index (χ2v) is 3.97. The van der Waals surface area contributed by atoms with Crippen LogP contribution < -0.4 is 10.1 Å². The quantitative estimate of drug-likeness (QED) is 0.454. The molecular formula is C12H15F3N2O4. The van der Waals surface area contributed by atoms with Crippen molar-refractivity contribution in [3.05, 3.63) is 33.9 Å². The zero-order valence-electron chi connectivity index (χ0n) is 11.3. The van der Waals surface area contributed by atoms with Gasteiger partial charge in [0.25, 0.3) is 5.69 Å². The molecule has 0 amide bonds. The van der Waals surface area contributed by atoms with Gasteiger partial charge in [-0.15, -0.1) is 13.2 Å². The lowest BCUT2D eigenvalue weighted by Crippen LogP contribution is -2.19. The van der Waals surface area contributed by atoms with Crippen LogP contribution in [0.2, 0.25) is 0 Å². The number of nitrogens with zero attached hydrogens (tertiary/aromatic N) is 1. The first-order chi connectivity index (χ1) is 9.83. The number of hydrogen-bond acceptors (Lipinski definition) is 5. The standard InChI is InChI=1S/C12H15F3N2O4/c1-2-16-8-9-7-10(17(18)19)3-4-11(9)20-5-6-21-12(13,14)15/h3-4,7,16H,2,5-6,8H2,1H3. The number of non-ortho nitro benzene ring substituents is 1. The van der Waals surface area contributed by atoms with Crippen LogP contribution in [-0.4, -0.2) is 31.0 Å². The Balaban J connectivity index is 2.68. The van der Waals surface area contributed by atoms with Gasteiger partial charge in [0.1, 0.15) is 12.4 Å². The largest absolute Gasteiger partial charge is 0.522 e. The van der Waals surface area contributed by atoms with E-state index in [-0.39, 0.29) is 18.0 Å². The summed E-state index contributed by atoms with van der Waals surface area (Å²) in [5, 5.41) is 13.7. The van der Waals surface area contributed by atoms with Gasteiger partial charge in [-0.1, -0.05) is 6.92 Å². The molecule has 0 saturated carbocycles. The van der Waals surface area contributed by atoms with Crippen LogP contribution in [-0.2, 0) is 11.3 Å². The highest BCUT2D eigenvalue weighted by atomic mass is 19.4. The van der Waals surface area contributed by atoms with Crippen molar-refractivity contribution in [2.24, 2.45) is 0 Å². The minimum Gasteiger partial charge on any atom is -0.491 e. The summed E-state index contributed by atoms with van der Waals surface area (Å²) < 4.78 is 44.2. The summed E-state index contributed by atoms with van der Waals surface area (Å²) in [6.45, 7) is 1.85. The zero-order chi connectivity index (χ0) is 15.9. The maximum absolute atomic E-state index is 11.8. The Kier molecular flexibility index (Phi) is 6.38. The van der Waals surface area contributed by atoms with E-state index in [9.17, 15) is 23.3 Å². The van der Waals surface area contributed by atoms with Gasteiger partial charge in [0.15, 0.2) is 0 Å². The van der Waals surface area contributed by atoms with E-state index in [0.29, 0.717) is 18.7 Å². The molecule has 1 rings (SSSR count). The van der Waals surface area contributed by atoms with Gasteiger partial charge >= 0.3 is 6.36 Å². The molecule has 0 aromatic heterocycles. The van der Waals surface area contributed by atoms with E-state index in [1.165, 1.54) is 18.2 Å². The molecule has 0 aliphatic carbocycles. The fourth-order valence-corrected chi connectivity index (χ4v) is 1.53. The molecule has 1 N–H and O–H groups in total. The number of nitrogens with one attached hydrogen (secondary N) is 1. The molecular weight excluding hydrogens is 293 g/mol. The molecule has 0 bridgehead atoms. The highest BCUT2D eigenvalue weighted by molar-refractivity contribution is 5.43. The second kappa shape index (κ2) is 7.79. The van der Waals surface area contributed by atoms with E-state index in [4.69, 9.17) is 4.74 Å². The third-order valence-corrected chi connectivity index (χ3v) is 2.43. The summed E-state index contributed by atoms with van der Waals surface area (Å²) in [4.78, 5) is 10.2. The molecule has 0 fully saturated rings. The van der Waals surface area contributed by atoms with Gasteiger partial charge in [-0.25, -0.2) is 0 Å². The highest BCUT2D eigenvalue weighted by Crippen LogP contribution is 2.24. The summed E-state index contributed by atoms with van der Waals surface area (Å²) in [5.41, 5.74) is 0.389. The first-order valence-corrected chi connectivity index (χ1v) is 6.15. The molecule has 0 saturated heterocycles. The molecule has 0 aliphatic rings. The molecule has 118 valence electrons. The Hall–Kier alpha value is -1.87. The van der Waals surface area contributed by atoms with Crippen molar-refractivity contribution >= 4 is 5.69 Å². The smallest absolute Gasteiger partial charge is 0.491 e. The lowest BCUT2D eigenvalue weighted by Gasteiger charge is -2.12. The van der Waals surface area contributed by atoms with Crippen LogP contribution in [0.25, 0.3) is 0 Å². The summed E-state index contributed by atoms with van der Waals surface area (Å²) in [6.07, 6.45) is -4.70. The number of benzene rings is 1. The molecule has 1 aromatic rings. The fraction of sp³-hybridized carbons (Fsp3) is 0.500. The minimum absolute atomic E-state index is 0.109. The average Bonchev–Trinajstić information content (AvgIpc) is 2.40. The normalized spacial score (nSPS) is 11.4. The Labute approximate surface area is 119 Å². The summed E-state index contributed by atoms with van der Waals surface area (Å²) in [5.74, 6) is 0.285. The van der Waals surface area contributed by atoms with E-state index >= 15 is 0 Å². The summed E-state index contributed by atoms with van der Waals surface area (Å²) >= 11 is 0. The lowest BCUT2D eigenvalue weighted by molar-refractivity contribution is -0.384. The molecule has 1 aromatic carbocycles. The molecule has 0 atom stereocenters. The Morgan fingerprint density at radius 3 is 2.62 bits per heavy atom. The van der Waals surface area contributed by atoms with Crippen LogP contribution in [0, 0.1) is 10.1 Å². The van der Waals surface area contributed by atoms with E-state index in [1.54, 1.807) is 0 Å². The van der Waals surface area contributed by atoms with Crippen molar-refractivity contribution in [2.45, 2.75) is 19.8 Å². The first-order valence-electron chi connectivity index (χ1n) is 6.15. The minimum atomic E-state index is -4.70. The van der Waals surface area contributed by atoms with E-state index in [2.05, 4.69) is 10.1 Å². The molecule has 0 radical (unpaired) electrons. The van der Waals surface area contributed by atoms with Crippen LogP contribution >= 0.6 is 0 Å². The predicted molar refractivity (Wildman–Crippen MR) is 68.0 cm³/mol. The van der Waals surface area contributed by atoms with Crippen LogP contribution in [0.4, 0.5) is 18.9 Å². The Morgan fingerprint density at radius 2 is 2.05 bits per heavy atom. The molecule has 0 unspecified atom stereocenters. The van der Waals surface area contributed by atoms with Gasteiger partial charge in [-0.05, 0) is 12.6 Å². The van der Waals surface area contributed by atoms with Crippen LogP contribution in [0.1, 0.15) is 12.5 Å². The van der Waals surface area contributed by atoms with Crippen LogP contribution in [0.5, 0.6) is 5.75 Å². The van der Waals surface area contributed by atoms with Crippen LogP contribution in [0.3, 0.4) is 0 Å². The maximum Gasteiger partial charge on any atom is 0.522 e. The first kappa shape index (κ1) is 17.2. The Bertz CT molecular complexity index is 480. The third kappa shape index (κ3) is 6.41. The molecule has 21 heavy (non-hydrogen) atoms. The lowest BCUT2D eigenvalue weighted by atomic mass is 10.1. The number of halogens is 3. The van der Waals surface area contributed by atoms with Crippen molar-refractivity contribution in [3.63, 3.8) is 0 Å². The van der Waals surface area contributed by atoms with Crippen molar-refractivity contribution in [2.75, 3.05) is 19.8 Å². The molecule has 0 heterocycles. The molecule has 0 aliphatic heterocycles. The second-order valence-electron chi connectivity index (χ2n) is 3.97. The topological polar surface area (TPSA) is 73.6 Å².